The molecular weight excluding hydrogens is 412 g/mol. The van der Waals surface area contributed by atoms with E-state index in [2.05, 4.69) is 35.6 Å². The lowest BCUT2D eigenvalue weighted by Crippen LogP contribution is -2.29. The number of nitrogens with zero attached hydrogens (tertiary/aromatic N) is 7. The summed E-state index contributed by atoms with van der Waals surface area (Å²) in [5.74, 6) is 0.675. The van der Waals surface area contributed by atoms with E-state index < -0.39 is 5.97 Å². The molecule has 3 aromatic rings. The molecule has 0 aliphatic heterocycles. The van der Waals surface area contributed by atoms with Gasteiger partial charge in [0.1, 0.15) is 23.6 Å². The first kappa shape index (κ1) is 21.6. The van der Waals surface area contributed by atoms with Gasteiger partial charge in [-0.2, -0.15) is 4.98 Å². The van der Waals surface area contributed by atoms with E-state index in [0.717, 1.165) is 24.2 Å². The Bertz CT molecular complexity index is 1120. The van der Waals surface area contributed by atoms with Gasteiger partial charge in [-0.3, -0.25) is 4.79 Å². The summed E-state index contributed by atoms with van der Waals surface area (Å²) in [6.45, 7) is 4.09. The third-order valence-electron chi connectivity index (χ3n) is 5.60. The molecule has 1 aliphatic rings. The smallest absolute Gasteiger partial charge is 0.306 e. The zero-order valence-corrected chi connectivity index (χ0v) is 18.3. The van der Waals surface area contributed by atoms with Crippen LogP contribution in [0.25, 0.3) is 11.4 Å². The molecule has 32 heavy (non-hydrogen) atoms. The third-order valence-corrected chi connectivity index (χ3v) is 5.60. The second-order valence-corrected chi connectivity index (χ2v) is 7.94. The Morgan fingerprint density at radius 3 is 2.84 bits per heavy atom. The van der Waals surface area contributed by atoms with Gasteiger partial charge in [-0.15, -0.1) is 5.10 Å². The summed E-state index contributed by atoms with van der Waals surface area (Å²) in [7, 11) is 1.82. The highest BCUT2D eigenvalue weighted by Crippen LogP contribution is 2.30. The van der Waals surface area contributed by atoms with Crippen molar-refractivity contribution in [1.29, 1.82) is 0 Å². The molecule has 11 nitrogen and oxygen atoms in total. The van der Waals surface area contributed by atoms with Crippen LogP contribution in [-0.4, -0.2) is 52.1 Å². The third kappa shape index (κ3) is 4.82. The van der Waals surface area contributed by atoms with Crippen LogP contribution in [0.1, 0.15) is 42.9 Å². The number of anilines is 1. The van der Waals surface area contributed by atoms with Crippen LogP contribution in [0.15, 0.2) is 18.5 Å². The first-order valence-electron chi connectivity index (χ1n) is 10.6. The van der Waals surface area contributed by atoms with Crippen LogP contribution in [0.5, 0.6) is 5.75 Å². The Morgan fingerprint density at radius 1 is 1.25 bits per heavy atom. The Balaban J connectivity index is 1.49. The Morgan fingerprint density at radius 2 is 2.09 bits per heavy atom. The molecule has 3 aromatic heterocycles. The molecule has 168 valence electrons. The molecule has 3 heterocycles. The molecule has 0 aromatic carbocycles. The minimum absolute atomic E-state index is 0.115. The van der Waals surface area contributed by atoms with Crippen molar-refractivity contribution in [3.8, 4) is 17.1 Å². The molecule has 0 unspecified atom stereocenters. The molecule has 4 rings (SSSR count). The fraction of sp³-hybridized carbons (Fsp3) is 0.476. The molecule has 0 spiro atoms. The van der Waals surface area contributed by atoms with Crippen LogP contribution < -0.4 is 10.1 Å². The molecule has 0 saturated heterocycles. The zero-order chi connectivity index (χ0) is 22.7. The molecule has 1 fully saturated rings. The van der Waals surface area contributed by atoms with E-state index in [9.17, 15) is 9.90 Å². The fourth-order valence-electron chi connectivity index (χ4n) is 3.86. The van der Waals surface area contributed by atoms with Crippen LogP contribution in [0.2, 0.25) is 0 Å². The molecule has 2 N–H and O–H groups in total. The van der Waals surface area contributed by atoms with Crippen molar-refractivity contribution in [2.75, 3.05) is 5.32 Å². The summed E-state index contributed by atoms with van der Waals surface area (Å²) in [4.78, 5) is 28.4. The number of aliphatic carboxylic acids is 1. The Kier molecular flexibility index (Phi) is 6.24. The predicted octanol–water partition coefficient (Wildman–Crippen LogP) is 2.31. The van der Waals surface area contributed by atoms with E-state index in [1.165, 1.54) is 6.33 Å². The van der Waals surface area contributed by atoms with Crippen LogP contribution in [0.4, 0.5) is 5.95 Å². The van der Waals surface area contributed by atoms with E-state index in [4.69, 9.17) is 4.74 Å². The monoisotopic (exact) mass is 438 g/mol. The van der Waals surface area contributed by atoms with E-state index in [1.807, 2.05) is 26.1 Å². The number of hydrogen-bond acceptors (Lipinski definition) is 9. The van der Waals surface area contributed by atoms with E-state index in [0.29, 0.717) is 48.3 Å². The van der Waals surface area contributed by atoms with Gasteiger partial charge in [0, 0.05) is 7.05 Å². The Hall–Kier alpha value is -3.63. The van der Waals surface area contributed by atoms with Gasteiger partial charge in [0.2, 0.25) is 5.95 Å². The highest BCUT2D eigenvalue weighted by Gasteiger charge is 2.28. The zero-order valence-electron chi connectivity index (χ0n) is 18.3. The van der Waals surface area contributed by atoms with Gasteiger partial charge in [-0.25, -0.2) is 19.6 Å². The molecule has 11 heteroatoms. The highest BCUT2D eigenvalue weighted by atomic mass is 16.5. The number of ether oxygens (including phenoxy) is 1. The van der Waals surface area contributed by atoms with Crippen molar-refractivity contribution < 1.29 is 14.6 Å². The Labute approximate surface area is 185 Å². The first-order valence-corrected chi connectivity index (χ1v) is 10.6. The quantitative estimate of drug-likeness (QED) is 0.564. The lowest BCUT2D eigenvalue weighted by molar-refractivity contribution is -0.143. The number of carboxylic acids is 1. The first-order chi connectivity index (χ1) is 15.4. The van der Waals surface area contributed by atoms with Gasteiger partial charge in [0.25, 0.3) is 0 Å². The van der Waals surface area contributed by atoms with Gasteiger partial charge >= 0.3 is 5.97 Å². The van der Waals surface area contributed by atoms with Crippen LogP contribution in [0.3, 0.4) is 0 Å². The largest absolute Gasteiger partial charge is 0.489 e. The van der Waals surface area contributed by atoms with Gasteiger partial charge in [0.15, 0.2) is 0 Å². The van der Waals surface area contributed by atoms with Crippen LogP contribution >= 0.6 is 0 Å². The SMILES string of the molecule is Cc1ncnc(NCc2c(-c3ccc(O[C@H]4CCC[C@H](C(=O)O)C4)c(C)n3)nnn2C)n1. The second kappa shape index (κ2) is 9.25. The van der Waals surface area contributed by atoms with Gasteiger partial charge in [-0.05, 0) is 51.7 Å². The predicted molar refractivity (Wildman–Crippen MR) is 115 cm³/mol. The molecule has 2 atom stereocenters. The molecular formula is C21H26N8O3. The summed E-state index contributed by atoms with van der Waals surface area (Å²) in [5, 5.41) is 20.9. The number of aromatic nitrogens is 7. The highest BCUT2D eigenvalue weighted by molar-refractivity contribution is 5.70. The number of aryl methyl sites for hydroxylation is 3. The molecule has 0 amide bonds. The van der Waals surface area contributed by atoms with E-state index >= 15 is 0 Å². The van der Waals surface area contributed by atoms with Crippen molar-refractivity contribution in [3.63, 3.8) is 0 Å². The average Bonchev–Trinajstić information content (AvgIpc) is 3.14. The van der Waals surface area contributed by atoms with Crippen molar-refractivity contribution >= 4 is 11.9 Å². The number of pyridine rings is 1. The summed E-state index contributed by atoms with van der Waals surface area (Å²) >= 11 is 0. The van der Waals surface area contributed by atoms with Crippen molar-refractivity contribution in [3.05, 3.63) is 35.7 Å². The summed E-state index contributed by atoms with van der Waals surface area (Å²) in [5.41, 5.74) is 2.89. The molecule has 0 radical (unpaired) electrons. The van der Waals surface area contributed by atoms with E-state index in [1.54, 1.807) is 11.6 Å². The van der Waals surface area contributed by atoms with E-state index in [-0.39, 0.29) is 12.0 Å². The lowest BCUT2D eigenvalue weighted by atomic mass is 9.87. The maximum Gasteiger partial charge on any atom is 0.306 e. The van der Waals surface area contributed by atoms with Gasteiger partial charge < -0.3 is 15.2 Å². The minimum atomic E-state index is -0.750. The molecule has 1 aliphatic carbocycles. The maximum atomic E-state index is 11.3. The van der Waals surface area contributed by atoms with Gasteiger partial charge in [0.05, 0.1) is 35.6 Å². The lowest BCUT2D eigenvalue weighted by Gasteiger charge is -2.27. The number of hydrogen-bond donors (Lipinski definition) is 2. The summed E-state index contributed by atoms with van der Waals surface area (Å²) in [6.07, 6.45) is 4.27. The van der Waals surface area contributed by atoms with Crippen molar-refractivity contribution in [1.82, 2.24) is 34.9 Å². The number of rotatable bonds is 7. The maximum absolute atomic E-state index is 11.3. The van der Waals surface area contributed by atoms with Crippen LogP contribution in [-0.2, 0) is 18.4 Å². The minimum Gasteiger partial charge on any atom is -0.489 e. The normalized spacial score (nSPS) is 18.3. The molecule has 1 saturated carbocycles. The number of carboxylic acid groups (broad SMARTS) is 1. The summed E-state index contributed by atoms with van der Waals surface area (Å²) in [6, 6.07) is 3.71. The fourth-order valence-corrected chi connectivity index (χ4v) is 3.86. The van der Waals surface area contributed by atoms with Crippen molar-refractivity contribution in [2.24, 2.45) is 13.0 Å². The van der Waals surface area contributed by atoms with Crippen LogP contribution in [0, 0.1) is 19.8 Å². The molecule has 0 bridgehead atoms. The second-order valence-electron chi connectivity index (χ2n) is 7.94. The van der Waals surface area contributed by atoms with Crippen molar-refractivity contribution in [2.45, 2.75) is 52.2 Å². The standard InChI is InChI=1S/C21H26N8O3/c1-12-18(32-15-6-4-5-14(9-15)20(30)31)8-7-16(25-12)19-17(29(3)28-27-19)10-22-21-24-11-23-13(2)26-21/h7-8,11,14-15H,4-6,9-10H2,1-3H3,(H,30,31)(H,22,23,24,26)/t14-,15-/m0/s1. The summed E-state index contributed by atoms with van der Waals surface area (Å²) < 4.78 is 7.79. The topological polar surface area (TPSA) is 141 Å². The number of nitrogens with one attached hydrogen (secondary N) is 1. The number of carbonyl (C=O) groups is 1. The van der Waals surface area contributed by atoms with Gasteiger partial charge in [-0.1, -0.05) is 5.21 Å². The average molecular weight is 438 g/mol.